The summed E-state index contributed by atoms with van der Waals surface area (Å²) >= 11 is 0. The lowest BCUT2D eigenvalue weighted by molar-refractivity contribution is 0.101. The maximum atomic E-state index is 12.8. The van der Waals surface area contributed by atoms with Crippen LogP contribution in [0.15, 0.2) is 47.0 Å². The second-order valence-corrected chi connectivity index (χ2v) is 4.21. The molecule has 3 rings (SSSR count). The highest BCUT2D eigenvalue weighted by molar-refractivity contribution is 6.07. The summed E-state index contributed by atoms with van der Waals surface area (Å²) in [6, 6.07) is 9.42. The maximum Gasteiger partial charge on any atom is 0.246 e. The van der Waals surface area contributed by atoms with E-state index in [4.69, 9.17) is 9.15 Å². The first-order valence-electron chi connectivity index (χ1n) is 5.91. The Labute approximate surface area is 113 Å². The van der Waals surface area contributed by atoms with Crippen LogP contribution in [0.4, 0.5) is 4.39 Å². The number of aromatic nitrogens is 1. The topological polar surface area (TPSA) is 52.3 Å². The number of pyridine rings is 1. The third-order valence-corrected chi connectivity index (χ3v) is 2.91. The number of furan rings is 1. The van der Waals surface area contributed by atoms with Crippen molar-refractivity contribution in [2.45, 2.75) is 0 Å². The molecule has 0 amide bonds. The number of carbonyl (C=O) groups excluding carboxylic acids is 1. The van der Waals surface area contributed by atoms with Gasteiger partial charge in [0.25, 0.3) is 0 Å². The quantitative estimate of drug-likeness (QED) is 0.686. The van der Waals surface area contributed by atoms with E-state index in [0.29, 0.717) is 11.3 Å². The first kappa shape index (κ1) is 12.3. The molecule has 0 atom stereocenters. The van der Waals surface area contributed by atoms with E-state index in [1.54, 1.807) is 31.4 Å². The molecule has 0 aliphatic heterocycles. The molecule has 4 nitrogen and oxygen atoms in total. The Morgan fingerprint density at radius 3 is 2.80 bits per heavy atom. The van der Waals surface area contributed by atoms with E-state index in [0.717, 1.165) is 11.6 Å². The van der Waals surface area contributed by atoms with Gasteiger partial charge in [-0.1, -0.05) is 0 Å². The fourth-order valence-electron chi connectivity index (χ4n) is 1.89. The van der Waals surface area contributed by atoms with Crippen molar-refractivity contribution >= 4 is 16.8 Å². The Balaban J connectivity index is 2.01. The van der Waals surface area contributed by atoms with Gasteiger partial charge in [-0.05, 0) is 30.3 Å². The van der Waals surface area contributed by atoms with Crippen LogP contribution in [-0.4, -0.2) is 17.9 Å². The number of methoxy groups -OCH3 is 1. The molecule has 0 aliphatic rings. The number of rotatable bonds is 3. The van der Waals surface area contributed by atoms with Crippen LogP contribution in [0.2, 0.25) is 0 Å². The highest BCUT2D eigenvalue weighted by Crippen LogP contribution is 2.25. The average Bonchev–Trinajstić information content (AvgIpc) is 2.90. The van der Waals surface area contributed by atoms with Gasteiger partial charge in [0, 0.05) is 11.5 Å². The summed E-state index contributed by atoms with van der Waals surface area (Å²) in [5, 5.41) is 0.788. The molecule has 0 saturated carbocycles. The van der Waals surface area contributed by atoms with Crippen LogP contribution in [-0.2, 0) is 0 Å². The van der Waals surface area contributed by atoms with E-state index < -0.39 is 5.82 Å². The summed E-state index contributed by atoms with van der Waals surface area (Å²) in [7, 11) is 1.55. The molecule has 5 heteroatoms. The minimum atomic E-state index is -0.490. The van der Waals surface area contributed by atoms with Crippen LogP contribution in [0.1, 0.15) is 16.2 Å². The molecule has 0 aliphatic carbocycles. The lowest BCUT2D eigenvalue weighted by Crippen LogP contribution is -2.02. The molecule has 0 N–H and O–H groups in total. The second kappa shape index (κ2) is 4.77. The van der Waals surface area contributed by atoms with E-state index in [9.17, 15) is 9.18 Å². The molecule has 0 radical (unpaired) electrons. The zero-order chi connectivity index (χ0) is 14.1. The summed E-state index contributed by atoms with van der Waals surface area (Å²) in [5.74, 6) is -0.0748. The van der Waals surface area contributed by atoms with Gasteiger partial charge in [0.2, 0.25) is 5.78 Å². The lowest BCUT2D eigenvalue weighted by atomic mass is 10.2. The number of fused-ring (bicyclic) bond motifs is 1. The van der Waals surface area contributed by atoms with Crippen LogP contribution in [0, 0.1) is 5.82 Å². The average molecular weight is 271 g/mol. The van der Waals surface area contributed by atoms with Crippen molar-refractivity contribution in [2.24, 2.45) is 0 Å². The Morgan fingerprint density at radius 2 is 2.10 bits per heavy atom. The zero-order valence-corrected chi connectivity index (χ0v) is 10.6. The summed E-state index contributed by atoms with van der Waals surface area (Å²) in [6.07, 6.45) is 0.999. The standard InChI is InChI=1S/C15H10FNO3/c1-19-11-4-2-9-6-14(20-13(9)7-11)15(18)12-5-3-10(16)8-17-12/h2-8H,1H3. The van der Waals surface area contributed by atoms with Crippen LogP contribution < -0.4 is 4.74 Å². The number of hydrogen-bond acceptors (Lipinski definition) is 4. The molecule has 100 valence electrons. The lowest BCUT2D eigenvalue weighted by Gasteiger charge is -1.97. The Hall–Kier alpha value is -2.69. The van der Waals surface area contributed by atoms with Crippen LogP contribution in [0.5, 0.6) is 5.75 Å². The monoisotopic (exact) mass is 271 g/mol. The van der Waals surface area contributed by atoms with Crippen LogP contribution >= 0.6 is 0 Å². The SMILES string of the molecule is COc1ccc2cc(C(=O)c3ccc(F)cn3)oc2c1. The predicted octanol–water partition coefficient (Wildman–Crippen LogP) is 3.21. The molecule has 2 heterocycles. The molecule has 1 aromatic carbocycles. The summed E-state index contributed by atoms with van der Waals surface area (Å²) in [6.45, 7) is 0. The van der Waals surface area contributed by atoms with Gasteiger partial charge < -0.3 is 9.15 Å². The normalized spacial score (nSPS) is 10.7. The molecule has 0 bridgehead atoms. The minimum Gasteiger partial charge on any atom is -0.497 e. The Bertz CT molecular complexity index is 777. The van der Waals surface area contributed by atoms with E-state index in [1.807, 2.05) is 0 Å². The van der Waals surface area contributed by atoms with Gasteiger partial charge in [0.05, 0.1) is 13.3 Å². The second-order valence-electron chi connectivity index (χ2n) is 4.21. The summed E-state index contributed by atoms with van der Waals surface area (Å²) in [5.41, 5.74) is 0.687. The van der Waals surface area contributed by atoms with Gasteiger partial charge >= 0.3 is 0 Å². The van der Waals surface area contributed by atoms with E-state index in [2.05, 4.69) is 4.98 Å². The Kier molecular flexibility index (Phi) is 2.95. The molecule has 20 heavy (non-hydrogen) atoms. The molecule has 0 spiro atoms. The summed E-state index contributed by atoms with van der Waals surface area (Å²) in [4.78, 5) is 15.9. The molecule has 0 saturated heterocycles. The summed E-state index contributed by atoms with van der Waals surface area (Å²) < 4.78 is 23.4. The smallest absolute Gasteiger partial charge is 0.246 e. The van der Waals surface area contributed by atoms with Gasteiger partial charge in [-0.3, -0.25) is 4.79 Å². The number of ketones is 1. The van der Waals surface area contributed by atoms with Crippen molar-refractivity contribution in [1.82, 2.24) is 4.98 Å². The van der Waals surface area contributed by atoms with E-state index in [1.165, 1.54) is 12.1 Å². The molecule has 3 aromatic rings. The number of benzene rings is 1. The molecular weight excluding hydrogens is 261 g/mol. The number of halogens is 1. The number of hydrogen-bond donors (Lipinski definition) is 0. The highest BCUT2D eigenvalue weighted by atomic mass is 19.1. The van der Waals surface area contributed by atoms with Crippen molar-refractivity contribution in [2.75, 3.05) is 7.11 Å². The maximum absolute atomic E-state index is 12.8. The fourth-order valence-corrected chi connectivity index (χ4v) is 1.89. The largest absolute Gasteiger partial charge is 0.497 e. The Morgan fingerprint density at radius 1 is 1.25 bits per heavy atom. The molecular formula is C15H10FNO3. The van der Waals surface area contributed by atoms with Crippen molar-refractivity contribution in [1.29, 1.82) is 0 Å². The van der Waals surface area contributed by atoms with E-state index >= 15 is 0 Å². The van der Waals surface area contributed by atoms with Gasteiger partial charge in [-0.15, -0.1) is 0 Å². The van der Waals surface area contributed by atoms with Crippen molar-refractivity contribution in [3.8, 4) is 5.75 Å². The van der Waals surface area contributed by atoms with Gasteiger partial charge in [0.1, 0.15) is 22.8 Å². The molecule has 0 unspecified atom stereocenters. The third kappa shape index (κ3) is 2.14. The van der Waals surface area contributed by atoms with Gasteiger partial charge in [-0.25, -0.2) is 9.37 Å². The van der Waals surface area contributed by atoms with Gasteiger partial charge in [-0.2, -0.15) is 0 Å². The van der Waals surface area contributed by atoms with Crippen LogP contribution in [0.3, 0.4) is 0 Å². The first-order chi connectivity index (χ1) is 9.67. The van der Waals surface area contributed by atoms with Crippen molar-refractivity contribution < 1.29 is 18.3 Å². The third-order valence-electron chi connectivity index (χ3n) is 2.91. The number of carbonyl (C=O) groups is 1. The predicted molar refractivity (Wildman–Crippen MR) is 70.4 cm³/mol. The number of ether oxygens (including phenoxy) is 1. The van der Waals surface area contributed by atoms with Crippen LogP contribution in [0.25, 0.3) is 11.0 Å². The number of nitrogens with zero attached hydrogens (tertiary/aromatic N) is 1. The fraction of sp³-hybridized carbons (Fsp3) is 0.0667. The van der Waals surface area contributed by atoms with E-state index in [-0.39, 0.29) is 17.2 Å². The van der Waals surface area contributed by atoms with Gasteiger partial charge in [0.15, 0.2) is 5.76 Å². The van der Waals surface area contributed by atoms with Crippen molar-refractivity contribution in [3.05, 3.63) is 59.9 Å². The minimum absolute atomic E-state index is 0.137. The molecule has 0 fully saturated rings. The zero-order valence-electron chi connectivity index (χ0n) is 10.6. The van der Waals surface area contributed by atoms with Crippen molar-refractivity contribution in [3.63, 3.8) is 0 Å². The first-order valence-corrected chi connectivity index (χ1v) is 5.91. The highest BCUT2D eigenvalue weighted by Gasteiger charge is 2.16. The molecule has 2 aromatic heterocycles.